The first-order valence-corrected chi connectivity index (χ1v) is 4.57. The van der Waals surface area contributed by atoms with Gasteiger partial charge in [0.1, 0.15) is 0 Å². The Morgan fingerprint density at radius 2 is 2.25 bits per heavy atom. The predicted molar refractivity (Wildman–Crippen MR) is 44.7 cm³/mol. The minimum Gasteiger partial charge on any atom is -0.478 e. The van der Waals surface area contributed by atoms with Gasteiger partial charge >= 0.3 is 5.97 Å². The number of aliphatic carboxylic acids is 1. The van der Waals surface area contributed by atoms with Crippen molar-refractivity contribution in [2.75, 3.05) is 12.2 Å². The van der Waals surface area contributed by atoms with Crippen LogP contribution in [0.1, 0.15) is 6.92 Å². The van der Waals surface area contributed by atoms with Crippen molar-refractivity contribution in [3.8, 4) is 0 Å². The Bertz CT molecular complexity index is 173. The van der Waals surface area contributed by atoms with E-state index in [1.165, 1.54) is 18.7 Å². The Labute approximate surface area is 74.5 Å². The fourth-order valence-electron chi connectivity index (χ4n) is 0.495. The van der Waals surface area contributed by atoms with Crippen LogP contribution in [-0.4, -0.2) is 35.4 Å². The Balaban J connectivity index is 3.87. The number of carboxylic acid groups (broad SMARTS) is 1. The molecule has 0 saturated carbocycles. The van der Waals surface area contributed by atoms with Crippen molar-refractivity contribution in [3.05, 3.63) is 0 Å². The number of nitrogens with one attached hydrogen (secondary N) is 1. The maximum atomic E-state index is 10.5. The van der Waals surface area contributed by atoms with Crippen LogP contribution in [0.15, 0.2) is 0 Å². The molecule has 0 heterocycles. The largest absolute Gasteiger partial charge is 0.478 e. The van der Waals surface area contributed by atoms with E-state index in [2.05, 4.69) is 5.32 Å². The topological polar surface area (TPSA) is 75.6 Å². The summed E-state index contributed by atoms with van der Waals surface area (Å²) in [5, 5.41) is 10.6. The van der Waals surface area contributed by atoms with Gasteiger partial charge in [-0.2, -0.15) is 0 Å². The molecule has 0 radical (unpaired) electrons. The lowest BCUT2D eigenvalue weighted by Crippen LogP contribution is -2.41. The van der Waals surface area contributed by atoms with Crippen molar-refractivity contribution in [2.45, 2.75) is 13.2 Å². The van der Waals surface area contributed by atoms with Crippen LogP contribution in [0.3, 0.4) is 0 Å². The molecule has 0 spiro atoms. The molecular weight excluding hydrogens is 182 g/mol. The smallest absolute Gasteiger partial charge is 0.354 e. The molecule has 0 aliphatic carbocycles. The van der Waals surface area contributed by atoms with Gasteiger partial charge in [-0.15, -0.1) is 11.8 Å². The van der Waals surface area contributed by atoms with Gasteiger partial charge in [0.05, 0.1) is 5.94 Å². The lowest BCUT2D eigenvalue weighted by atomic mass is 10.5. The predicted octanol–water partition coefficient (Wildman–Crippen LogP) is -0.130. The second-order valence-corrected chi connectivity index (χ2v) is 2.81. The van der Waals surface area contributed by atoms with Crippen LogP contribution in [0, 0.1) is 0 Å². The van der Waals surface area contributed by atoms with Crippen molar-refractivity contribution in [2.24, 2.45) is 0 Å². The maximum absolute atomic E-state index is 10.5. The number of hydrogen-bond acceptors (Lipinski definition) is 4. The number of carbonyl (C=O) groups excluding carboxylic acids is 1. The average molecular weight is 193 g/mol. The first-order chi connectivity index (χ1) is 5.57. The third-order valence-electron chi connectivity index (χ3n) is 0.911. The van der Waals surface area contributed by atoms with Crippen LogP contribution in [0.2, 0.25) is 0 Å². The molecule has 2 N–H and O–H groups in total. The fourth-order valence-corrected chi connectivity index (χ4v) is 0.768. The molecule has 0 rings (SSSR count). The number of ether oxygens (including phenoxy) is 1. The number of thioether (sulfide) groups is 1. The molecule has 0 aromatic rings. The molecule has 0 aliphatic rings. The third-order valence-corrected chi connectivity index (χ3v) is 1.28. The van der Waals surface area contributed by atoms with E-state index in [0.29, 0.717) is 0 Å². The van der Waals surface area contributed by atoms with Gasteiger partial charge < -0.3 is 15.2 Å². The zero-order valence-electron chi connectivity index (χ0n) is 6.86. The maximum Gasteiger partial charge on any atom is 0.354 e. The lowest BCUT2D eigenvalue weighted by Gasteiger charge is -2.12. The van der Waals surface area contributed by atoms with Crippen molar-refractivity contribution in [3.63, 3.8) is 0 Å². The molecule has 70 valence electrons. The Morgan fingerprint density at radius 1 is 1.67 bits per heavy atom. The molecule has 6 heteroatoms. The zero-order valence-corrected chi connectivity index (χ0v) is 7.68. The highest BCUT2D eigenvalue weighted by Gasteiger charge is 2.17. The summed E-state index contributed by atoms with van der Waals surface area (Å²) in [4.78, 5) is 20.9. The van der Waals surface area contributed by atoms with E-state index in [9.17, 15) is 9.59 Å². The van der Waals surface area contributed by atoms with E-state index in [-0.39, 0.29) is 5.94 Å². The van der Waals surface area contributed by atoms with Gasteiger partial charge in [-0.25, -0.2) is 4.79 Å². The van der Waals surface area contributed by atoms with Crippen LogP contribution in [0.25, 0.3) is 0 Å². The number of amides is 1. The van der Waals surface area contributed by atoms with Crippen LogP contribution in [-0.2, 0) is 14.3 Å². The van der Waals surface area contributed by atoms with E-state index < -0.39 is 18.1 Å². The normalized spacial score (nSPS) is 12.2. The van der Waals surface area contributed by atoms with Crippen molar-refractivity contribution in [1.29, 1.82) is 0 Å². The average Bonchev–Trinajstić information content (AvgIpc) is 1.96. The summed E-state index contributed by atoms with van der Waals surface area (Å²) >= 11 is 1.34. The molecule has 12 heavy (non-hydrogen) atoms. The molecule has 0 saturated heterocycles. The number of carboxylic acids is 1. The summed E-state index contributed by atoms with van der Waals surface area (Å²) in [6.07, 6.45) is 0.530. The van der Waals surface area contributed by atoms with E-state index in [1.54, 1.807) is 6.26 Å². The van der Waals surface area contributed by atoms with Gasteiger partial charge in [-0.1, -0.05) is 0 Å². The summed E-state index contributed by atoms with van der Waals surface area (Å²) < 4.78 is 4.80. The third kappa shape index (κ3) is 4.97. The second-order valence-electron chi connectivity index (χ2n) is 1.99. The second kappa shape index (κ2) is 5.84. The van der Waals surface area contributed by atoms with Gasteiger partial charge in [0.15, 0.2) is 0 Å². The van der Waals surface area contributed by atoms with Crippen molar-refractivity contribution in [1.82, 2.24) is 5.32 Å². The summed E-state index contributed by atoms with van der Waals surface area (Å²) in [6, 6.07) is 0. The molecule has 1 amide bonds. The summed E-state index contributed by atoms with van der Waals surface area (Å²) in [5.74, 6) is -1.39. The summed E-state index contributed by atoms with van der Waals surface area (Å²) in [7, 11) is 0. The standard InChI is InChI=1S/C6H11NO4S/c1-4(8)7-5(6(9)10)11-3-12-2/h5H,3H2,1-2H3,(H,7,8)(H,9,10)/t5-/m1/s1. The van der Waals surface area contributed by atoms with Gasteiger partial charge in [-0.05, 0) is 6.26 Å². The van der Waals surface area contributed by atoms with E-state index >= 15 is 0 Å². The van der Waals surface area contributed by atoms with Crippen molar-refractivity contribution >= 4 is 23.6 Å². The Hall–Kier alpha value is -0.750. The van der Waals surface area contributed by atoms with Gasteiger partial charge in [0.2, 0.25) is 12.1 Å². The zero-order chi connectivity index (χ0) is 9.56. The molecule has 1 atom stereocenters. The quantitative estimate of drug-likeness (QED) is 0.595. The van der Waals surface area contributed by atoms with Crippen LogP contribution < -0.4 is 5.32 Å². The van der Waals surface area contributed by atoms with E-state index in [1.807, 2.05) is 0 Å². The molecule has 0 aromatic carbocycles. The van der Waals surface area contributed by atoms with Crippen molar-refractivity contribution < 1.29 is 19.4 Å². The SMILES string of the molecule is CSCO[C@@H](NC(C)=O)C(=O)O. The molecule has 0 bridgehead atoms. The molecule has 0 aromatic heterocycles. The first kappa shape index (κ1) is 11.2. The van der Waals surface area contributed by atoms with Crippen LogP contribution in [0.5, 0.6) is 0 Å². The molecule has 0 unspecified atom stereocenters. The summed E-state index contributed by atoms with van der Waals surface area (Å²) in [5.41, 5.74) is 0. The summed E-state index contributed by atoms with van der Waals surface area (Å²) in [6.45, 7) is 1.23. The van der Waals surface area contributed by atoms with Crippen LogP contribution in [0.4, 0.5) is 0 Å². The minimum atomic E-state index is -1.24. The Kier molecular flexibility index (Phi) is 5.48. The van der Waals surface area contributed by atoms with E-state index in [4.69, 9.17) is 9.84 Å². The first-order valence-electron chi connectivity index (χ1n) is 3.18. The molecule has 0 aliphatic heterocycles. The number of carbonyl (C=O) groups is 2. The highest BCUT2D eigenvalue weighted by molar-refractivity contribution is 7.98. The molecule has 0 fully saturated rings. The highest BCUT2D eigenvalue weighted by atomic mass is 32.2. The lowest BCUT2D eigenvalue weighted by molar-refractivity contribution is -0.153. The Morgan fingerprint density at radius 3 is 2.58 bits per heavy atom. The van der Waals surface area contributed by atoms with Gasteiger partial charge in [0.25, 0.3) is 0 Å². The number of rotatable bonds is 5. The highest BCUT2D eigenvalue weighted by Crippen LogP contribution is 1.96. The van der Waals surface area contributed by atoms with Gasteiger partial charge in [0, 0.05) is 6.92 Å². The fraction of sp³-hybridized carbons (Fsp3) is 0.667. The number of hydrogen-bond donors (Lipinski definition) is 2. The van der Waals surface area contributed by atoms with Crippen LogP contribution >= 0.6 is 11.8 Å². The van der Waals surface area contributed by atoms with E-state index in [0.717, 1.165) is 0 Å². The minimum absolute atomic E-state index is 0.233. The monoisotopic (exact) mass is 193 g/mol. The van der Waals surface area contributed by atoms with Gasteiger partial charge in [-0.3, -0.25) is 4.79 Å². The molecule has 5 nitrogen and oxygen atoms in total. The molecular formula is C6H11NO4S.